The number of carboxylic acid groups (broad SMARTS) is 1. The molecule has 0 bridgehead atoms. The van der Waals surface area contributed by atoms with E-state index < -0.39 is 24.2 Å². The Balaban J connectivity index is 2.86. The van der Waals surface area contributed by atoms with Gasteiger partial charge in [0.05, 0.1) is 6.20 Å². The predicted octanol–water partition coefficient (Wildman–Crippen LogP) is 0.934. The molecule has 0 saturated carbocycles. The van der Waals surface area contributed by atoms with Crippen LogP contribution >= 0.6 is 0 Å². The number of carboxylic acids is 1. The van der Waals surface area contributed by atoms with E-state index in [4.69, 9.17) is 5.11 Å². The Labute approximate surface area is 97.2 Å². The zero-order valence-electron chi connectivity index (χ0n) is 8.97. The van der Waals surface area contributed by atoms with Gasteiger partial charge < -0.3 is 10.0 Å². The fraction of sp³-hybridized carbons (Fsp3) is 0.182. The van der Waals surface area contributed by atoms with Gasteiger partial charge in [-0.2, -0.15) is 0 Å². The maximum atomic E-state index is 12.6. The van der Waals surface area contributed by atoms with Crippen molar-refractivity contribution in [1.29, 1.82) is 0 Å². The highest BCUT2D eigenvalue weighted by atomic mass is 19.1. The van der Waals surface area contributed by atoms with Crippen LogP contribution in [-0.2, 0) is 4.79 Å². The molecule has 0 fully saturated rings. The van der Waals surface area contributed by atoms with Crippen LogP contribution in [-0.4, -0.2) is 40.0 Å². The molecule has 0 spiro atoms. The number of halogens is 1. The smallest absolute Gasteiger partial charge is 0.323 e. The van der Waals surface area contributed by atoms with Crippen LogP contribution in [0.25, 0.3) is 0 Å². The largest absolute Gasteiger partial charge is 0.480 e. The second-order valence-electron chi connectivity index (χ2n) is 3.23. The molecule has 0 saturated heterocycles. The van der Waals surface area contributed by atoms with Gasteiger partial charge in [-0.05, 0) is 12.1 Å². The molecule has 0 aliphatic rings. The van der Waals surface area contributed by atoms with Gasteiger partial charge in [0.15, 0.2) is 0 Å². The molecule has 1 aromatic heterocycles. The van der Waals surface area contributed by atoms with E-state index in [9.17, 15) is 14.0 Å². The lowest BCUT2D eigenvalue weighted by atomic mass is 10.3. The van der Waals surface area contributed by atoms with Gasteiger partial charge in [-0.15, -0.1) is 6.58 Å². The van der Waals surface area contributed by atoms with Crippen LogP contribution in [0, 0.1) is 5.82 Å². The highest BCUT2D eigenvalue weighted by molar-refractivity contribution is 5.94. The Morgan fingerprint density at radius 1 is 1.53 bits per heavy atom. The molecule has 6 heteroatoms. The number of aliphatic carboxylic acids is 1. The third kappa shape index (κ3) is 3.67. The van der Waals surface area contributed by atoms with Gasteiger partial charge >= 0.3 is 5.97 Å². The molecule has 0 radical (unpaired) electrons. The number of nitrogens with zero attached hydrogens (tertiary/aromatic N) is 2. The number of amides is 1. The van der Waals surface area contributed by atoms with Gasteiger partial charge in [0, 0.05) is 6.54 Å². The predicted molar refractivity (Wildman–Crippen MR) is 57.9 cm³/mol. The summed E-state index contributed by atoms with van der Waals surface area (Å²) in [6, 6.07) is 2.29. The van der Waals surface area contributed by atoms with E-state index in [1.165, 1.54) is 12.1 Å². The van der Waals surface area contributed by atoms with Crippen molar-refractivity contribution in [3.8, 4) is 0 Å². The number of hydrogen-bond acceptors (Lipinski definition) is 3. The van der Waals surface area contributed by atoms with E-state index in [-0.39, 0.29) is 12.2 Å². The number of aromatic nitrogens is 1. The minimum absolute atomic E-state index is 0.00509. The molecule has 90 valence electrons. The van der Waals surface area contributed by atoms with Crippen LogP contribution in [0.15, 0.2) is 31.0 Å². The number of carbonyl (C=O) groups is 2. The molecule has 1 aromatic rings. The first-order valence-electron chi connectivity index (χ1n) is 4.78. The third-order valence-electron chi connectivity index (χ3n) is 1.91. The van der Waals surface area contributed by atoms with Crippen LogP contribution in [0.3, 0.4) is 0 Å². The zero-order valence-corrected chi connectivity index (χ0v) is 8.97. The average Bonchev–Trinajstić information content (AvgIpc) is 2.28. The Bertz CT molecular complexity index is 431. The van der Waals surface area contributed by atoms with E-state index in [1.54, 1.807) is 0 Å². The second-order valence-corrected chi connectivity index (χ2v) is 3.23. The van der Waals surface area contributed by atoms with Crippen LogP contribution in [0.2, 0.25) is 0 Å². The standard InChI is InChI=1S/C11H11FN2O3/c1-2-5-14(7-10(15)16)11(17)9-4-3-8(12)6-13-9/h2-4,6H,1,5,7H2,(H,15,16). The van der Waals surface area contributed by atoms with Gasteiger partial charge in [-0.3, -0.25) is 9.59 Å². The first-order valence-corrected chi connectivity index (χ1v) is 4.78. The summed E-state index contributed by atoms with van der Waals surface area (Å²) >= 11 is 0. The minimum Gasteiger partial charge on any atom is -0.480 e. The normalized spacial score (nSPS) is 9.71. The summed E-state index contributed by atoms with van der Waals surface area (Å²) in [4.78, 5) is 27.0. The number of rotatable bonds is 5. The first-order chi connectivity index (χ1) is 8.04. The third-order valence-corrected chi connectivity index (χ3v) is 1.91. The van der Waals surface area contributed by atoms with Gasteiger partial charge in [0.25, 0.3) is 5.91 Å². The van der Waals surface area contributed by atoms with Crippen LogP contribution in [0.4, 0.5) is 4.39 Å². The molecule has 0 aliphatic heterocycles. The van der Waals surface area contributed by atoms with Crippen molar-refractivity contribution in [3.63, 3.8) is 0 Å². The Morgan fingerprint density at radius 3 is 2.71 bits per heavy atom. The molecule has 0 aromatic carbocycles. The second kappa shape index (κ2) is 5.74. The number of carbonyl (C=O) groups excluding carboxylic acids is 1. The zero-order chi connectivity index (χ0) is 12.8. The molecule has 0 atom stereocenters. The summed E-state index contributed by atoms with van der Waals surface area (Å²) in [5, 5.41) is 8.64. The summed E-state index contributed by atoms with van der Waals surface area (Å²) in [5.41, 5.74) is -0.00509. The molecule has 17 heavy (non-hydrogen) atoms. The lowest BCUT2D eigenvalue weighted by Crippen LogP contribution is -2.36. The average molecular weight is 238 g/mol. The van der Waals surface area contributed by atoms with Crippen molar-refractivity contribution in [2.75, 3.05) is 13.1 Å². The van der Waals surface area contributed by atoms with Crippen molar-refractivity contribution < 1.29 is 19.1 Å². The van der Waals surface area contributed by atoms with Crippen molar-refractivity contribution in [3.05, 3.63) is 42.5 Å². The molecular weight excluding hydrogens is 227 g/mol. The molecule has 0 unspecified atom stereocenters. The van der Waals surface area contributed by atoms with E-state index in [0.29, 0.717) is 0 Å². The lowest BCUT2D eigenvalue weighted by molar-refractivity contribution is -0.137. The highest BCUT2D eigenvalue weighted by Gasteiger charge is 2.18. The molecule has 1 heterocycles. The van der Waals surface area contributed by atoms with Gasteiger partial charge in [0.1, 0.15) is 18.1 Å². The summed E-state index contributed by atoms with van der Waals surface area (Å²) in [6.07, 6.45) is 2.31. The van der Waals surface area contributed by atoms with E-state index >= 15 is 0 Å². The van der Waals surface area contributed by atoms with E-state index in [0.717, 1.165) is 17.2 Å². The van der Waals surface area contributed by atoms with Crippen LogP contribution < -0.4 is 0 Å². The van der Waals surface area contributed by atoms with Crippen molar-refractivity contribution >= 4 is 11.9 Å². The Kier molecular flexibility index (Phi) is 4.33. The molecule has 1 rings (SSSR count). The lowest BCUT2D eigenvalue weighted by Gasteiger charge is -2.18. The van der Waals surface area contributed by atoms with Crippen molar-refractivity contribution in [2.24, 2.45) is 0 Å². The Morgan fingerprint density at radius 2 is 2.24 bits per heavy atom. The molecule has 0 aliphatic carbocycles. The summed E-state index contributed by atoms with van der Waals surface area (Å²) in [6.45, 7) is 3.06. The molecule has 1 N–H and O–H groups in total. The topological polar surface area (TPSA) is 70.5 Å². The number of pyridine rings is 1. The van der Waals surface area contributed by atoms with Crippen molar-refractivity contribution in [1.82, 2.24) is 9.88 Å². The Hall–Kier alpha value is -2.24. The van der Waals surface area contributed by atoms with Gasteiger partial charge in [0.2, 0.25) is 0 Å². The summed E-state index contributed by atoms with van der Waals surface area (Å²) in [5.74, 6) is -2.27. The fourth-order valence-corrected chi connectivity index (χ4v) is 1.20. The van der Waals surface area contributed by atoms with Crippen LogP contribution in [0.5, 0.6) is 0 Å². The SMILES string of the molecule is C=CCN(CC(=O)O)C(=O)c1ccc(F)cn1. The monoisotopic (exact) mass is 238 g/mol. The first kappa shape index (κ1) is 12.8. The fourth-order valence-electron chi connectivity index (χ4n) is 1.20. The maximum Gasteiger partial charge on any atom is 0.323 e. The highest BCUT2D eigenvalue weighted by Crippen LogP contribution is 2.03. The van der Waals surface area contributed by atoms with E-state index in [2.05, 4.69) is 11.6 Å². The quantitative estimate of drug-likeness (QED) is 0.775. The van der Waals surface area contributed by atoms with Crippen molar-refractivity contribution in [2.45, 2.75) is 0 Å². The molecular formula is C11H11FN2O3. The molecule has 1 amide bonds. The minimum atomic E-state index is -1.14. The number of hydrogen-bond donors (Lipinski definition) is 1. The van der Waals surface area contributed by atoms with E-state index in [1.807, 2.05) is 0 Å². The maximum absolute atomic E-state index is 12.6. The van der Waals surface area contributed by atoms with Gasteiger partial charge in [-0.25, -0.2) is 9.37 Å². The van der Waals surface area contributed by atoms with Crippen LogP contribution in [0.1, 0.15) is 10.5 Å². The molecule has 5 nitrogen and oxygen atoms in total. The summed E-state index contributed by atoms with van der Waals surface area (Å²) in [7, 11) is 0. The summed E-state index contributed by atoms with van der Waals surface area (Å²) < 4.78 is 12.6. The van der Waals surface area contributed by atoms with Gasteiger partial charge in [-0.1, -0.05) is 6.08 Å².